The molecule has 0 bridgehead atoms. The minimum Gasteiger partial charge on any atom is -0.345 e. The second-order valence-corrected chi connectivity index (χ2v) is 5.52. The van der Waals surface area contributed by atoms with E-state index in [1.54, 1.807) is 17.7 Å². The van der Waals surface area contributed by atoms with Crippen molar-refractivity contribution in [3.63, 3.8) is 0 Å². The molecule has 0 fully saturated rings. The van der Waals surface area contributed by atoms with Gasteiger partial charge >= 0.3 is 0 Å². The van der Waals surface area contributed by atoms with Crippen LogP contribution in [-0.2, 0) is 11.8 Å². The summed E-state index contributed by atoms with van der Waals surface area (Å²) in [4.78, 5) is 12.4. The van der Waals surface area contributed by atoms with Crippen LogP contribution in [0.3, 0.4) is 0 Å². The molecule has 24 heavy (non-hydrogen) atoms. The predicted octanol–water partition coefficient (Wildman–Crippen LogP) is 2.99. The lowest BCUT2D eigenvalue weighted by Gasteiger charge is -2.13. The van der Waals surface area contributed by atoms with Crippen molar-refractivity contribution >= 4 is 12.0 Å². The Balaban J connectivity index is 2.24. The van der Waals surface area contributed by atoms with Crippen molar-refractivity contribution in [2.24, 2.45) is 7.05 Å². The third-order valence-electron chi connectivity index (χ3n) is 4.00. The number of benzene rings is 1. The first-order valence-corrected chi connectivity index (χ1v) is 7.52. The molecule has 2 rings (SSSR count). The van der Waals surface area contributed by atoms with Crippen molar-refractivity contribution in [2.75, 3.05) is 0 Å². The lowest BCUT2D eigenvalue weighted by molar-refractivity contribution is -0.117. The molecule has 1 aromatic heterocycles. The van der Waals surface area contributed by atoms with Crippen LogP contribution in [0.15, 0.2) is 42.0 Å². The van der Waals surface area contributed by atoms with Gasteiger partial charge in [0.1, 0.15) is 23.4 Å². The molecular weight excluding hydrogens is 300 g/mol. The molecule has 1 unspecified atom stereocenters. The Morgan fingerprint density at radius 1 is 1.29 bits per heavy atom. The molecule has 5 nitrogen and oxygen atoms in total. The number of carbonyl (C=O) groups is 1. The maximum Gasteiger partial charge on any atom is 0.262 e. The molecule has 0 radical (unpaired) electrons. The lowest BCUT2D eigenvalue weighted by atomic mass is 10.1. The number of carbonyl (C=O) groups excluding carboxylic acids is 1. The monoisotopic (exact) mass is 318 g/mol. The molecule has 0 spiro atoms. The SMILES string of the molecule is Cc1c(/C=C(\C#N)C(=O)NC(C)c2ccccc2)cc(C#N)n1C. The standard InChI is InChI=1S/C19H18N4O/c1-13(15-7-5-4-6-8-15)22-19(24)17(11-20)9-16-10-18(12-21)23(3)14(16)2/h4-10,13H,1-3H3,(H,22,24)/b17-9+. The highest BCUT2D eigenvalue weighted by Crippen LogP contribution is 2.18. The number of hydrogen-bond donors (Lipinski definition) is 1. The third-order valence-corrected chi connectivity index (χ3v) is 4.00. The van der Waals surface area contributed by atoms with Gasteiger partial charge in [0, 0.05) is 12.7 Å². The highest BCUT2D eigenvalue weighted by atomic mass is 16.1. The number of rotatable bonds is 4. The van der Waals surface area contributed by atoms with E-state index in [4.69, 9.17) is 5.26 Å². The van der Waals surface area contributed by atoms with Crippen LogP contribution in [0.25, 0.3) is 6.08 Å². The Morgan fingerprint density at radius 2 is 1.96 bits per heavy atom. The summed E-state index contributed by atoms with van der Waals surface area (Å²) >= 11 is 0. The fraction of sp³-hybridized carbons (Fsp3) is 0.211. The summed E-state index contributed by atoms with van der Waals surface area (Å²) in [6.07, 6.45) is 1.52. The molecule has 1 N–H and O–H groups in total. The van der Waals surface area contributed by atoms with Gasteiger partial charge in [0.25, 0.3) is 5.91 Å². The lowest BCUT2D eigenvalue weighted by Crippen LogP contribution is -2.27. The number of hydrogen-bond acceptors (Lipinski definition) is 3. The summed E-state index contributed by atoms with van der Waals surface area (Å²) in [5.41, 5.74) is 2.96. The first kappa shape index (κ1) is 17.1. The summed E-state index contributed by atoms with van der Waals surface area (Å²) in [5, 5.41) is 21.2. The van der Waals surface area contributed by atoms with Crippen molar-refractivity contribution in [1.82, 2.24) is 9.88 Å². The molecule has 0 aliphatic carbocycles. The Labute approximate surface area is 141 Å². The summed E-state index contributed by atoms with van der Waals surface area (Å²) in [5.74, 6) is -0.435. The normalized spacial score (nSPS) is 12.1. The van der Waals surface area contributed by atoms with E-state index in [0.29, 0.717) is 11.3 Å². The number of aromatic nitrogens is 1. The Morgan fingerprint density at radius 3 is 2.50 bits per heavy atom. The molecule has 5 heteroatoms. The number of nitriles is 2. The Bertz CT molecular complexity index is 863. The average molecular weight is 318 g/mol. The van der Waals surface area contributed by atoms with Gasteiger partial charge in [0.15, 0.2) is 0 Å². The highest BCUT2D eigenvalue weighted by Gasteiger charge is 2.15. The fourth-order valence-electron chi connectivity index (χ4n) is 2.38. The van der Waals surface area contributed by atoms with Gasteiger partial charge in [0.05, 0.1) is 6.04 Å². The first-order chi connectivity index (χ1) is 11.5. The molecule has 0 saturated carbocycles. The summed E-state index contributed by atoms with van der Waals surface area (Å²) in [6.45, 7) is 3.70. The van der Waals surface area contributed by atoms with E-state index in [-0.39, 0.29) is 11.6 Å². The molecule has 1 amide bonds. The summed E-state index contributed by atoms with van der Waals surface area (Å²) in [6, 6.07) is 15.0. The maximum absolute atomic E-state index is 12.4. The van der Waals surface area contributed by atoms with Gasteiger partial charge in [-0.1, -0.05) is 30.3 Å². The van der Waals surface area contributed by atoms with Crippen LogP contribution in [0.2, 0.25) is 0 Å². The van der Waals surface area contributed by atoms with Gasteiger partial charge in [-0.25, -0.2) is 0 Å². The highest BCUT2D eigenvalue weighted by molar-refractivity contribution is 6.02. The van der Waals surface area contributed by atoms with Gasteiger partial charge in [-0.05, 0) is 37.1 Å². The molecule has 2 aromatic rings. The van der Waals surface area contributed by atoms with Crippen LogP contribution in [0, 0.1) is 29.6 Å². The Kier molecular flexibility index (Phi) is 5.19. The van der Waals surface area contributed by atoms with E-state index in [1.807, 2.05) is 50.2 Å². The van der Waals surface area contributed by atoms with Crippen LogP contribution in [-0.4, -0.2) is 10.5 Å². The van der Waals surface area contributed by atoms with E-state index in [0.717, 1.165) is 11.3 Å². The molecule has 0 aliphatic heterocycles. The van der Waals surface area contributed by atoms with E-state index in [1.165, 1.54) is 6.08 Å². The van der Waals surface area contributed by atoms with Crippen molar-refractivity contribution < 1.29 is 4.79 Å². The third kappa shape index (κ3) is 3.53. The van der Waals surface area contributed by atoms with E-state index >= 15 is 0 Å². The largest absolute Gasteiger partial charge is 0.345 e. The topological polar surface area (TPSA) is 81.6 Å². The minimum absolute atomic E-state index is 0.0102. The van der Waals surface area contributed by atoms with Gasteiger partial charge in [-0.15, -0.1) is 0 Å². The second kappa shape index (κ2) is 7.30. The maximum atomic E-state index is 12.4. The van der Waals surface area contributed by atoms with Crippen molar-refractivity contribution in [1.29, 1.82) is 10.5 Å². The quantitative estimate of drug-likeness (QED) is 0.695. The number of nitrogens with one attached hydrogen (secondary N) is 1. The van der Waals surface area contributed by atoms with Gasteiger partial charge in [0.2, 0.25) is 0 Å². The molecule has 0 saturated heterocycles. The molecular formula is C19H18N4O. The predicted molar refractivity (Wildman–Crippen MR) is 91.5 cm³/mol. The fourth-order valence-corrected chi connectivity index (χ4v) is 2.38. The number of nitrogens with zero attached hydrogens (tertiary/aromatic N) is 3. The van der Waals surface area contributed by atoms with Crippen molar-refractivity contribution in [3.05, 3.63) is 64.5 Å². The van der Waals surface area contributed by atoms with E-state index in [2.05, 4.69) is 11.4 Å². The van der Waals surface area contributed by atoms with Gasteiger partial charge in [-0.2, -0.15) is 10.5 Å². The zero-order chi connectivity index (χ0) is 17.7. The second-order valence-electron chi connectivity index (χ2n) is 5.52. The van der Waals surface area contributed by atoms with Crippen molar-refractivity contribution in [2.45, 2.75) is 19.9 Å². The van der Waals surface area contributed by atoms with Gasteiger partial charge < -0.3 is 9.88 Å². The van der Waals surface area contributed by atoms with Crippen LogP contribution in [0.4, 0.5) is 0 Å². The smallest absolute Gasteiger partial charge is 0.262 e. The van der Waals surface area contributed by atoms with Crippen molar-refractivity contribution in [3.8, 4) is 12.1 Å². The zero-order valence-electron chi connectivity index (χ0n) is 13.9. The summed E-state index contributed by atoms with van der Waals surface area (Å²) in [7, 11) is 1.77. The summed E-state index contributed by atoms with van der Waals surface area (Å²) < 4.78 is 1.73. The van der Waals surface area contributed by atoms with E-state index < -0.39 is 5.91 Å². The molecule has 1 aromatic carbocycles. The Hall–Kier alpha value is -3.31. The average Bonchev–Trinajstić information content (AvgIpc) is 2.87. The van der Waals surface area contributed by atoms with E-state index in [9.17, 15) is 10.1 Å². The zero-order valence-corrected chi connectivity index (χ0v) is 13.9. The first-order valence-electron chi connectivity index (χ1n) is 7.52. The molecule has 120 valence electrons. The van der Waals surface area contributed by atoms with Crippen LogP contribution < -0.4 is 5.32 Å². The molecule has 1 heterocycles. The minimum atomic E-state index is -0.435. The number of amides is 1. The van der Waals surface area contributed by atoms with Gasteiger partial charge in [-0.3, -0.25) is 4.79 Å². The molecule has 1 atom stereocenters. The van der Waals surface area contributed by atoms with Crippen LogP contribution in [0.5, 0.6) is 0 Å². The van der Waals surface area contributed by atoms with Crippen LogP contribution >= 0.6 is 0 Å². The molecule has 0 aliphatic rings. The van der Waals surface area contributed by atoms with Crippen LogP contribution in [0.1, 0.15) is 35.5 Å².